The van der Waals surface area contributed by atoms with Gasteiger partial charge in [0.25, 0.3) is 5.69 Å². The maximum Gasteiger partial charge on any atom is 0.271 e. The molecule has 12 heteroatoms. The highest BCUT2D eigenvalue weighted by molar-refractivity contribution is 9.12. The van der Waals surface area contributed by atoms with E-state index >= 15 is 0 Å². The second-order valence-electron chi connectivity index (χ2n) is 10.4. The van der Waals surface area contributed by atoms with Crippen LogP contribution < -0.4 is 14.4 Å². The van der Waals surface area contributed by atoms with Crippen LogP contribution in [0.25, 0.3) is 0 Å². The van der Waals surface area contributed by atoms with E-state index in [9.17, 15) is 34.4 Å². The topological polar surface area (TPSA) is 153 Å². The lowest BCUT2D eigenvalue weighted by atomic mass is 9.59. The molecule has 4 aliphatic rings. The number of Topliss-reactive ketones (excluding diaryl/α,β-unsaturated/α-hetero) is 1. The quantitative estimate of drug-likeness (QED) is 0.167. The summed E-state index contributed by atoms with van der Waals surface area (Å²) >= 11 is 3.19. The van der Waals surface area contributed by atoms with Crippen LogP contribution in [-0.2, 0) is 19.2 Å². The van der Waals surface area contributed by atoms with Crippen molar-refractivity contribution in [3.05, 3.63) is 85.4 Å². The third kappa shape index (κ3) is 4.00. The Hall–Kier alpha value is -4.58. The van der Waals surface area contributed by atoms with Crippen LogP contribution in [0.5, 0.6) is 17.2 Å². The van der Waals surface area contributed by atoms with Crippen molar-refractivity contribution in [3.8, 4) is 17.2 Å². The number of fused-ring (bicyclic) bond motifs is 3. The van der Waals surface area contributed by atoms with Crippen molar-refractivity contribution in [1.29, 1.82) is 0 Å². The Labute approximate surface area is 247 Å². The molecule has 3 aliphatic carbocycles. The highest BCUT2D eigenvalue weighted by Crippen LogP contribution is 2.58. The summed E-state index contributed by atoms with van der Waals surface area (Å²) in [4.78, 5) is 66.3. The first-order valence-electron chi connectivity index (χ1n) is 13.0. The van der Waals surface area contributed by atoms with E-state index in [2.05, 4.69) is 15.9 Å². The van der Waals surface area contributed by atoms with Gasteiger partial charge in [0.15, 0.2) is 11.6 Å². The fourth-order valence-corrected chi connectivity index (χ4v) is 7.15. The van der Waals surface area contributed by atoms with E-state index < -0.39 is 52.0 Å². The number of ether oxygens (including phenoxy) is 2. The molecule has 0 saturated carbocycles. The molecule has 1 saturated heterocycles. The maximum atomic E-state index is 14.0. The SMILES string of the molecule is COc1cc(O)c(C2C3=CCC4C(=O)N(c5cccc([N+](=O)[O-])c5)C(=O)C4C3CC3=C2C(=O)C=C(Br)C3=O)c(OC)c1. The van der Waals surface area contributed by atoms with Crippen LogP contribution in [0.4, 0.5) is 11.4 Å². The zero-order chi connectivity index (χ0) is 30.0. The van der Waals surface area contributed by atoms with E-state index in [0.717, 1.165) is 4.90 Å². The number of halogens is 1. The lowest BCUT2D eigenvalue weighted by Gasteiger charge is -2.42. The zero-order valence-electron chi connectivity index (χ0n) is 22.3. The molecule has 2 aromatic carbocycles. The summed E-state index contributed by atoms with van der Waals surface area (Å²) < 4.78 is 10.9. The molecule has 0 aromatic heterocycles. The first-order chi connectivity index (χ1) is 20.1. The van der Waals surface area contributed by atoms with Crippen molar-refractivity contribution in [3.63, 3.8) is 0 Å². The van der Waals surface area contributed by atoms with Crippen molar-refractivity contribution < 1.29 is 38.7 Å². The molecule has 4 atom stereocenters. The first-order valence-corrected chi connectivity index (χ1v) is 13.8. The number of rotatable bonds is 5. The second-order valence-corrected chi connectivity index (χ2v) is 11.3. The van der Waals surface area contributed by atoms with Gasteiger partial charge in [-0.25, -0.2) is 4.90 Å². The van der Waals surface area contributed by atoms with Crippen molar-refractivity contribution in [2.75, 3.05) is 19.1 Å². The number of phenols is 1. The number of hydrogen-bond acceptors (Lipinski definition) is 9. The van der Waals surface area contributed by atoms with E-state index in [-0.39, 0.29) is 56.9 Å². The summed E-state index contributed by atoms with van der Waals surface area (Å²) in [6, 6.07) is 8.25. The molecule has 4 unspecified atom stereocenters. The molecule has 42 heavy (non-hydrogen) atoms. The molecule has 0 bridgehead atoms. The van der Waals surface area contributed by atoms with Crippen molar-refractivity contribution in [2.45, 2.75) is 18.8 Å². The van der Waals surface area contributed by atoms with Gasteiger partial charge in [0.05, 0.1) is 41.1 Å². The molecule has 1 N–H and O–H groups in total. The zero-order valence-corrected chi connectivity index (χ0v) is 23.9. The smallest absolute Gasteiger partial charge is 0.271 e. The van der Waals surface area contributed by atoms with E-state index in [0.29, 0.717) is 11.3 Å². The molecule has 2 aromatic rings. The molecule has 2 amide bonds. The first kappa shape index (κ1) is 27.6. The number of methoxy groups -OCH3 is 2. The number of aromatic hydroxyl groups is 1. The van der Waals surface area contributed by atoms with E-state index in [4.69, 9.17) is 9.47 Å². The number of nitro groups is 1. The molecule has 1 fully saturated rings. The third-order valence-electron chi connectivity index (χ3n) is 8.47. The number of phenolic OH excluding ortho intramolecular Hbond substituents is 1. The third-order valence-corrected chi connectivity index (χ3v) is 9.06. The van der Waals surface area contributed by atoms with Crippen LogP contribution in [0, 0.1) is 27.9 Å². The van der Waals surface area contributed by atoms with Gasteiger partial charge in [0.2, 0.25) is 11.8 Å². The number of nitrogens with zero attached hydrogens (tertiary/aromatic N) is 2. The number of carbonyl (C=O) groups excluding carboxylic acids is 4. The predicted octanol–water partition coefficient (Wildman–Crippen LogP) is 4.28. The van der Waals surface area contributed by atoms with Gasteiger partial charge in [-0.3, -0.25) is 29.3 Å². The van der Waals surface area contributed by atoms with E-state index in [1.165, 1.54) is 50.6 Å². The normalized spacial score (nSPS) is 25.0. The second kappa shape index (κ2) is 10.1. The number of carbonyl (C=O) groups is 4. The molecule has 6 rings (SSSR count). The maximum absolute atomic E-state index is 14.0. The Morgan fingerprint density at radius 3 is 2.50 bits per heavy atom. The molecular weight excluding hydrogens is 612 g/mol. The Morgan fingerprint density at radius 2 is 1.81 bits per heavy atom. The monoisotopic (exact) mass is 634 g/mol. The molecule has 1 aliphatic heterocycles. The van der Waals surface area contributed by atoms with Gasteiger partial charge in [-0.1, -0.05) is 17.7 Å². The van der Waals surface area contributed by atoms with Crippen molar-refractivity contribution >= 4 is 50.7 Å². The van der Waals surface area contributed by atoms with Crippen LogP contribution in [0.1, 0.15) is 24.3 Å². The molecule has 214 valence electrons. The molecule has 0 spiro atoms. The van der Waals surface area contributed by atoms with Crippen LogP contribution in [0.3, 0.4) is 0 Å². The number of non-ortho nitro benzene ring substituents is 1. The molecule has 1 heterocycles. The summed E-state index contributed by atoms with van der Waals surface area (Å²) in [7, 11) is 2.83. The van der Waals surface area contributed by atoms with Crippen LogP contribution >= 0.6 is 15.9 Å². The minimum atomic E-state index is -0.941. The number of allylic oxidation sites excluding steroid dienone is 6. The van der Waals surface area contributed by atoms with Gasteiger partial charge in [-0.2, -0.15) is 0 Å². The van der Waals surface area contributed by atoms with E-state index in [1.807, 2.05) is 0 Å². The summed E-state index contributed by atoms with van der Waals surface area (Å²) in [5.74, 6) is -4.86. The number of hydrogen-bond donors (Lipinski definition) is 1. The lowest BCUT2D eigenvalue weighted by molar-refractivity contribution is -0.384. The van der Waals surface area contributed by atoms with Gasteiger partial charge in [0.1, 0.15) is 17.2 Å². The van der Waals surface area contributed by atoms with Gasteiger partial charge in [-0.05, 0) is 40.8 Å². The lowest BCUT2D eigenvalue weighted by Crippen LogP contribution is -2.39. The fraction of sp³-hybridized carbons (Fsp3) is 0.267. The Bertz CT molecular complexity index is 1720. The van der Waals surface area contributed by atoms with E-state index in [1.54, 1.807) is 12.1 Å². The average molecular weight is 635 g/mol. The van der Waals surface area contributed by atoms with Crippen molar-refractivity contribution in [1.82, 2.24) is 0 Å². The van der Waals surface area contributed by atoms with Gasteiger partial charge in [0, 0.05) is 53.0 Å². The summed E-state index contributed by atoms with van der Waals surface area (Å²) in [5, 5.41) is 22.6. The largest absolute Gasteiger partial charge is 0.507 e. The highest BCUT2D eigenvalue weighted by atomic mass is 79.9. The molecule has 0 radical (unpaired) electrons. The number of anilines is 1. The minimum absolute atomic E-state index is 0.0212. The average Bonchev–Trinajstić information content (AvgIpc) is 3.24. The summed E-state index contributed by atoms with van der Waals surface area (Å²) in [6.45, 7) is 0. The van der Waals surface area contributed by atoms with Crippen LogP contribution in [-0.4, -0.2) is 47.6 Å². The van der Waals surface area contributed by atoms with Gasteiger partial charge < -0.3 is 14.6 Å². The van der Waals surface area contributed by atoms with Crippen LogP contribution in [0.2, 0.25) is 0 Å². The molecule has 11 nitrogen and oxygen atoms in total. The van der Waals surface area contributed by atoms with Crippen molar-refractivity contribution in [2.24, 2.45) is 17.8 Å². The Kier molecular flexibility index (Phi) is 6.60. The summed E-state index contributed by atoms with van der Waals surface area (Å²) in [5.41, 5.74) is 1.04. The minimum Gasteiger partial charge on any atom is -0.507 e. The number of ketones is 2. The predicted molar refractivity (Wildman–Crippen MR) is 151 cm³/mol. The number of imide groups is 1. The van der Waals surface area contributed by atoms with Crippen LogP contribution in [0.15, 0.2) is 69.8 Å². The number of nitro benzene ring substituents is 1. The fourth-order valence-electron chi connectivity index (χ4n) is 6.70. The molecular formula is C30H23BrN2O9. The standard InChI is InChI=1S/C30H23BrN2O9/c1-41-15-9-21(34)27(23(10-15)42-2)26-16-6-7-17-24(18(16)11-19-25(26)22(35)12-20(31)28(19)36)30(38)32(29(17)37)13-4-3-5-14(8-13)33(39)40/h3-6,8-10,12,17-18,24,26,34H,7,11H2,1-2H3. The highest BCUT2D eigenvalue weighted by Gasteiger charge is 2.57. The number of amides is 2. The van der Waals surface area contributed by atoms with Gasteiger partial charge in [-0.15, -0.1) is 0 Å². The Morgan fingerprint density at radius 1 is 1.05 bits per heavy atom. The number of benzene rings is 2. The summed E-state index contributed by atoms with van der Waals surface area (Å²) in [6.07, 6.45) is 3.18. The Balaban J connectivity index is 1.51. The van der Waals surface area contributed by atoms with Gasteiger partial charge >= 0.3 is 0 Å².